The van der Waals surface area contributed by atoms with Crippen molar-refractivity contribution in [1.82, 2.24) is 15.5 Å². The molecule has 130 valence electrons. The van der Waals surface area contributed by atoms with Crippen LogP contribution in [0.2, 0.25) is 0 Å². The van der Waals surface area contributed by atoms with E-state index in [9.17, 15) is 4.79 Å². The van der Waals surface area contributed by atoms with Gasteiger partial charge in [0.15, 0.2) is 0 Å². The number of nitrogens with zero attached hydrogens (tertiary/aromatic N) is 2. The van der Waals surface area contributed by atoms with Gasteiger partial charge in [0.2, 0.25) is 17.6 Å². The number of nitrogens with one attached hydrogen (secondary N) is 1. The van der Waals surface area contributed by atoms with Gasteiger partial charge in [-0.1, -0.05) is 22.9 Å². The van der Waals surface area contributed by atoms with Crippen molar-refractivity contribution in [3.8, 4) is 17.1 Å². The highest BCUT2D eigenvalue weighted by Crippen LogP contribution is 2.18. The Morgan fingerprint density at radius 3 is 2.88 bits per heavy atom. The number of thiophene rings is 1. The third-order valence-corrected chi connectivity index (χ3v) is 4.21. The van der Waals surface area contributed by atoms with E-state index in [0.29, 0.717) is 37.7 Å². The summed E-state index contributed by atoms with van der Waals surface area (Å²) in [5.74, 6) is 1.75. The molecule has 0 saturated carbocycles. The van der Waals surface area contributed by atoms with Gasteiger partial charge < -0.3 is 14.6 Å². The first kappa shape index (κ1) is 17.2. The van der Waals surface area contributed by atoms with Gasteiger partial charge >= 0.3 is 0 Å². The molecule has 3 aromatic rings. The van der Waals surface area contributed by atoms with E-state index in [1.165, 1.54) is 5.56 Å². The number of ether oxygens (including phenoxy) is 1. The quantitative estimate of drug-likeness (QED) is 0.626. The smallest absolute Gasteiger partial charge is 0.227 e. The third kappa shape index (κ3) is 5.15. The maximum Gasteiger partial charge on any atom is 0.227 e. The van der Waals surface area contributed by atoms with Crippen LogP contribution in [0.4, 0.5) is 0 Å². The monoisotopic (exact) mass is 357 g/mol. The van der Waals surface area contributed by atoms with Crippen molar-refractivity contribution < 1.29 is 14.1 Å². The molecule has 2 heterocycles. The molecule has 0 radical (unpaired) electrons. The van der Waals surface area contributed by atoms with E-state index in [4.69, 9.17) is 9.26 Å². The first-order valence-corrected chi connectivity index (χ1v) is 8.96. The van der Waals surface area contributed by atoms with Crippen LogP contribution in [0, 0.1) is 6.92 Å². The average molecular weight is 357 g/mol. The molecule has 1 amide bonds. The average Bonchev–Trinajstić information content (AvgIpc) is 3.29. The van der Waals surface area contributed by atoms with Gasteiger partial charge in [0.05, 0.1) is 6.54 Å². The first-order chi connectivity index (χ1) is 12.2. The van der Waals surface area contributed by atoms with Crippen LogP contribution in [-0.4, -0.2) is 29.2 Å². The second kappa shape index (κ2) is 8.43. The van der Waals surface area contributed by atoms with Crippen molar-refractivity contribution in [1.29, 1.82) is 0 Å². The molecule has 7 heteroatoms. The summed E-state index contributed by atoms with van der Waals surface area (Å²) in [6.45, 7) is 2.91. The van der Waals surface area contributed by atoms with Gasteiger partial charge in [-0.05, 0) is 30.5 Å². The second-order valence-electron chi connectivity index (χ2n) is 5.54. The lowest BCUT2D eigenvalue weighted by molar-refractivity contribution is -0.121. The van der Waals surface area contributed by atoms with E-state index in [2.05, 4.69) is 15.5 Å². The topological polar surface area (TPSA) is 77.2 Å². The van der Waals surface area contributed by atoms with Crippen molar-refractivity contribution in [3.63, 3.8) is 0 Å². The number of amides is 1. The fourth-order valence-corrected chi connectivity index (χ4v) is 2.80. The molecule has 0 bridgehead atoms. The summed E-state index contributed by atoms with van der Waals surface area (Å²) in [6, 6.07) is 9.74. The van der Waals surface area contributed by atoms with Crippen LogP contribution < -0.4 is 10.1 Å². The number of hydrogen-bond acceptors (Lipinski definition) is 6. The summed E-state index contributed by atoms with van der Waals surface area (Å²) in [5.41, 5.74) is 2.11. The Kier molecular flexibility index (Phi) is 5.79. The summed E-state index contributed by atoms with van der Waals surface area (Å²) < 4.78 is 10.7. The number of carbonyl (C=O) groups is 1. The van der Waals surface area contributed by atoms with Gasteiger partial charge in [-0.3, -0.25) is 4.79 Å². The normalized spacial score (nSPS) is 10.6. The van der Waals surface area contributed by atoms with E-state index < -0.39 is 0 Å². The van der Waals surface area contributed by atoms with Crippen molar-refractivity contribution in [2.24, 2.45) is 0 Å². The fourth-order valence-electron chi connectivity index (χ4n) is 2.17. The molecule has 2 aromatic heterocycles. The van der Waals surface area contributed by atoms with Gasteiger partial charge in [-0.25, -0.2) is 0 Å². The molecule has 25 heavy (non-hydrogen) atoms. The van der Waals surface area contributed by atoms with Crippen molar-refractivity contribution in [2.75, 3.05) is 13.2 Å². The molecule has 0 aliphatic carbocycles. The highest BCUT2D eigenvalue weighted by Gasteiger charge is 2.10. The Morgan fingerprint density at radius 2 is 2.12 bits per heavy atom. The molecular weight excluding hydrogens is 338 g/mol. The first-order valence-electron chi connectivity index (χ1n) is 8.02. The largest absolute Gasteiger partial charge is 0.492 e. The second-order valence-corrected chi connectivity index (χ2v) is 6.32. The van der Waals surface area contributed by atoms with Gasteiger partial charge in [0.25, 0.3) is 0 Å². The molecule has 0 aliphatic rings. The van der Waals surface area contributed by atoms with Crippen LogP contribution in [0.1, 0.15) is 17.9 Å². The number of aryl methyl sites for hydroxylation is 2. The van der Waals surface area contributed by atoms with Crippen molar-refractivity contribution >= 4 is 17.2 Å². The Morgan fingerprint density at radius 1 is 1.28 bits per heavy atom. The standard InChI is InChI=1S/C18H19N3O3S/c1-13-2-4-15(5-3-13)23-10-9-19-16(22)6-7-17-20-18(21-24-17)14-8-11-25-12-14/h2-5,8,11-12H,6-7,9-10H2,1H3,(H,19,22). The zero-order chi connectivity index (χ0) is 17.5. The molecule has 1 aromatic carbocycles. The van der Waals surface area contributed by atoms with Gasteiger partial charge in [-0.15, -0.1) is 0 Å². The number of carbonyl (C=O) groups excluding carboxylic acids is 1. The number of benzene rings is 1. The molecular formula is C18H19N3O3S. The predicted molar refractivity (Wildman–Crippen MR) is 95.6 cm³/mol. The van der Waals surface area contributed by atoms with E-state index in [0.717, 1.165) is 11.3 Å². The van der Waals surface area contributed by atoms with E-state index >= 15 is 0 Å². The fraction of sp³-hybridized carbons (Fsp3) is 0.278. The molecule has 6 nitrogen and oxygen atoms in total. The minimum absolute atomic E-state index is 0.0669. The van der Waals surface area contributed by atoms with Crippen LogP contribution in [0.25, 0.3) is 11.4 Å². The summed E-state index contributed by atoms with van der Waals surface area (Å²) in [6.07, 6.45) is 0.720. The summed E-state index contributed by atoms with van der Waals surface area (Å²) in [7, 11) is 0. The summed E-state index contributed by atoms with van der Waals surface area (Å²) >= 11 is 1.57. The van der Waals surface area contributed by atoms with E-state index in [1.807, 2.05) is 48.0 Å². The summed E-state index contributed by atoms with van der Waals surface area (Å²) in [4.78, 5) is 16.1. The minimum atomic E-state index is -0.0669. The lowest BCUT2D eigenvalue weighted by atomic mass is 10.2. The minimum Gasteiger partial charge on any atom is -0.492 e. The number of hydrogen-bond donors (Lipinski definition) is 1. The lowest BCUT2D eigenvalue weighted by Crippen LogP contribution is -2.28. The molecule has 0 saturated heterocycles. The zero-order valence-corrected chi connectivity index (χ0v) is 14.7. The molecule has 0 unspecified atom stereocenters. The van der Waals surface area contributed by atoms with E-state index in [1.54, 1.807) is 11.3 Å². The van der Waals surface area contributed by atoms with Gasteiger partial charge in [-0.2, -0.15) is 16.3 Å². The molecule has 3 rings (SSSR count). The number of aromatic nitrogens is 2. The third-order valence-electron chi connectivity index (χ3n) is 3.53. The van der Waals surface area contributed by atoms with Crippen LogP contribution in [-0.2, 0) is 11.2 Å². The van der Waals surface area contributed by atoms with Crippen LogP contribution in [0.3, 0.4) is 0 Å². The Balaban J connectivity index is 1.35. The molecule has 0 spiro atoms. The van der Waals surface area contributed by atoms with Crippen molar-refractivity contribution in [3.05, 3.63) is 52.5 Å². The summed E-state index contributed by atoms with van der Waals surface area (Å²) in [5, 5.41) is 10.6. The Hall–Kier alpha value is -2.67. The Bertz CT molecular complexity index is 797. The van der Waals surface area contributed by atoms with Crippen LogP contribution in [0.5, 0.6) is 5.75 Å². The predicted octanol–water partition coefficient (Wildman–Crippen LogP) is 3.23. The lowest BCUT2D eigenvalue weighted by Gasteiger charge is -2.07. The molecule has 0 atom stereocenters. The molecule has 0 aliphatic heterocycles. The maximum atomic E-state index is 11.9. The highest BCUT2D eigenvalue weighted by molar-refractivity contribution is 7.08. The van der Waals surface area contributed by atoms with E-state index in [-0.39, 0.29) is 5.91 Å². The molecule has 1 N–H and O–H groups in total. The Labute approximate surface area is 149 Å². The zero-order valence-electron chi connectivity index (χ0n) is 13.9. The van der Waals surface area contributed by atoms with Gasteiger partial charge in [0.1, 0.15) is 12.4 Å². The highest BCUT2D eigenvalue weighted by atomic mass is 32.1. The SMILES string of the molecule is Cc1ccc(OCCNC(=O)CCc2nc(-c3ccsc3)no2)cc1. The molecule has 0 fully saturated rings. The number of rotatable bonds is 8. The van der Waals surface area contributed by atoms with Crippen LogP contribution in [0.15, 0.2) is 45.6 Å². The van der Waals surface area contributed by atoms with Crippen LogP contribution >= 0.6 is 11.3 Å². The maximum absolute atomic E-state index is 11.9. The van der Waals surface area contributed by atoms with Gasteiger partial charge in [0, 0.05) is 23.8 Å². The van der Waals surface area contributed by atoms with Crippen molar-refractivity contribution in [2.45, 2.75) is 19.8 Å².